The summed E-state index contributed by atoms with van der Waals surface area (Å²) in [6.07, 6.45) is 1.58. The van der Waals surface area contributed by atoms with Crippen molar-refractivity contribution in [2.45, 2.75) is 38.6 Å². The highest BCUT2D eigenvalue weighted by Gasteiger charge is 2.43. The first-order valence-electron chi connectivity index (χ1n) is 8.37. The van der Waals surface area contributed by atoms with Crippen molar-refractivity contribution in [3.63, 3.8) is 0 Å². The molecule has 0 aliphatic carbocycles. The van der Waals surface area contributed by atoms with Crippen molar-refractivity contribution in [3.05, 3.63) is 34.5 Å². The SMILES string of the molecule is CCNC(=O)Nc1ccc(C2SC(C(N)=O)=C(C(N)=O)N2C(C)(C)C)cn1. The highest BCUT2D eigenvalue weighted by Crippen LogP contribution is 2.50. The number of rotatable bonds is 5. The molecule has 27 heavy (non-hydrogen) atoms. The number of amides is 4. The van der Waals surface area contributed by atoms with E-state index in [1.165, 1.54) is 0 Å². The summed E-state index contributed by atoms with van der Waals surface area (Å²) < 4.78 is 0. The number of hydrogen-bond acceptors (Lipinski definition) is 6. The maximum atomic E-state index is 12.0. The van der Waals surface area contributed by atoms with Gasteiger partial charge in [-0.05, 0) is 33.8 Å². The number of primary amides is 2. The molecule has 1 aliphatic heterocycles. The van der Waals surface area contributed by atoms with Crippen LogP contribution in [0.4, 0.5) is 10.6 Å². The van der Waals surface area contributed by atoms with Crippen molar-refractivity contribution in [1.82, 2.24) is 15.2 Å². The molecule has 0 aromatic carbocycles. The molecule has 0 radical (unpaired) electrons. The average molecular weight is 392 g/mol. The number of urea groups is 1. The van der Waals surface area contributed by atoms with E-state index < -0.39 is 22.7 Å². The fourth-order valence-corrected chi connectivity index (χ4v) is 4.16. The standard InChI is InChI=1S/C17H24N6O3S/c1-5-20-16(26)22-10-7-6-9(8-21-10)15-23(17(2,3)4)11(13(18)24)12(27-15)14(19)25/h6-8,15H,5H2,1-4H3,(H2,18,24)(H2,19,25)(H2,20,21,22,26). The van der Waals surface area contributed by atoms with Gasteiger partial charge in [0.1, 0.15) is 21.8 Å². The molecule has 0 saturated heterocycles. The molecule has 0 bridgehead atoms. The number of pyridine rings is 1. The van der Waals surface area contributed by atoms with Crippen molar-refractivity contribution in [3.8, 4) is 0 Å². The third-order valence-electron chi connectivity index (χ3n) is 3.75. The Kier molecular flexibility index (Phi) is 5.99. The molecular formula is C17H24N6O3S. The first-order valence-corrected chi connectivity index (χ1v) is 9.25. The largest absolute Gasteiger partial charge is 0.365 e. The van der Waals surface area contributed by atoms with Gasteiger partial charge in [0.2, 0.25) is 0 Å². The molecule has 0 saturated carbocycles. The molecular weight excluding hydrogens is 368 g/mol. The van der Waals surface area contributed by atoms with Crippen LogP contribution in [0.2, 0.25) is 0 Å². The summed E-state index contributed by atoms with van der Waals surface area (Å²) in [5.41, 5.74) is 11.3. The van der Waals surface area contributed by atoms with Crippen molar-refractivity contribution in [2.24, 2.45) is 11.5 Å². The van der Waals surface area contributed by atoms with Crippen LogP contribution in [-0.4, -0.2) is 39.8 Å². The highest BCUT2D eigenvalue weighted by atomic mass is 32.2. The molecule has 0 fully saturated rings. The van der Waals surface area contributed by atoms with E-state index in [2.05, 4.69) is 15.6 Å². The van der Waals surface area contributed by atoms with Crippen LogP contribution in [-0.2, 0) is 9.59 Å². The minimum Gasteiger partial charge on any atom is -0.365 e. The number of anilines is 1. The molecule has 4 amide bonds. The fourth-order valence-electron chi connectivity index (χ4n) is 2.70. The van der Waals surface area contributed by atoms with Gasteiger partial charge in [0.15, 0.2) is 0 Å². The molecule has 10 heteroatoms. The highest BCUT2D eigenvalue weighted by molar-refractivity contribution is 8.04. The topological polar surface area (TPSA) is 143 Å². The van der Waals surface area contributed by atoms with E-state index in [1.54, 1.807) is 23.2 Å². The molecule has 2 rings (SSSR count). The molecule has 1 aliphatic rings. The normalized spacial score (nSPS) is 17.0. The second-order valence-electron chi connectivity index (χ2n) is 6.88. The van der Waals surface area contributed by atoms with Gasteiger partial charge in [-0.25, -0.2) is 9.78 Å². The van der Waals surface area contributed by atoms with Crippen molar-refractivity contribution in [2.75, 3.05) is 11.9 Å². The lowest BCUT2D eigenvalue weighted by Gasteiger charge is -2.39. The average Bonchev–Trinajstić information content (AvgIpc) is 2.97. The second kappa shape index (κ2) is 7.87. The number of nitrogens with two attached hydrogens (primary N) is 2. The summed E-state index contributed by atoms with van der Waals surface area (Å²) in [4.78, 5) is 41.6. The third-order valence-corrected chi connectivity index (χ3v) is 5.09. The van der Waals surface area contributed by atoms with Crippen LogP contribution in [0.3, 0.4) is 0 Å². The van der Waals surface area contributed by atoms with Crippen LogP contribution in [0.5, 0.6) is 0 Å². The molecule has 146 valence electrons. The maximum Gasteiger partial charge on any atom is 0.320 e. The van der Waals surface area contributed by atoms with E-state index in [9.17, 15) is 14.4 Å². The summed E-state index contributed by atoms with van der Waals surface area (Å²) in [5.74, 6) is -1.03. The van der Waals surface area contributed by atoms with Crippen LogP contribution in [0, 0.1) is 0 Å². The van der Waals surface area contributed by atoms with E-state index in [1.807, 2.05) is 27.7 Å². The summed E-state index contributed by atoms with van der Waals surface area (Å²) in [6, 6.07) is 3.07. The lowest BCUT2D eigenvalue weighted by Crippen LogP contribution is -2.43. The van der Waals surface area contributed by atoms with Crippen molar-refractivity contribution >= 4 is 35.4 Å². The summed E-state index contributed by atoms with van der Waals surface area (Å²) in [7, 11) is 0. The van der Waals surface area contributed by atoms with E-state index in [-0.39, 0.29) is 16.6 Å². The number of aromatic nitrogens is 1. The first kappa shape index (κ1) is 20.6. The third kappa shape index (κ3) is 4.51. The maximum absolute atomic E-state index is 12.0. The quantitative estimate of drug-likeness (QED) is 0.594. The zero-order valence-electron chi connectivity index (χ0n) is 15.7. The smallest absolute Gasteiger partial charge is 0.320 e. The van der Waals surface area contributed by atoms with E-state index >= 15 is 0 Å². The molecule has 1 atom stereocenters. The van der Waals surface area contributed by atoms with Gasteiger partial charge in [-0.15, -0.1) is 0 Å². The molecule has 2 heterocycles. The monoisotopic (exact) mass is 392 g/mol. The number of carbonyl (C=O) groups is 3. The minimum atomic E-state index is -0.712. The van der Waals surface area contributed by atoms with Gasteiger partial charge in [-0.1, -0.05) is 17.8 Å². The summed E-state index contributed by atoms with van der Waals surface area (Å²) in [5, 5.41) is 4.83. The molecule has 1 aromatic rings. The zero-order chi connectivity index (χ0) is 20.4. The van der Waals surface area contributed by atoms with Gasteiger partial charge in [0.25, 0.3) is 11.8 Å². The minimum absolute atomic E-state index is 0.106. The van der Waals surface area contributed by atoms with Gasteiger partial charge in [-0.2, -0.15) is 0 Å². The number of nitrogens with zero attached hydrogens (tertiary/aromatic N) is 2. The lowest BCUT2D eigenvalue weighted by atomic mass is 10.0. The predicted molar refractivity (Wildman–Crippen MR) is 104 cm³/mol. The molecule has 1 aromatic heterocycles. The first-order chi connectivity index (χ1) is 12.6. The van der Waals surface area contributed by atoms with Gasteiger partial charge < -0.3 is 21.7 Å². The van der Waals surface area contributed by atoms with Crippen LogP contribution >= 0.6 is 11.8 Å². The Morgan fingerprint density at radius 2 is 1.89 bits per heavy atom. The Balaban J connectivity index is 2.36. The summed E-state index contributed by atoms with van der Waals surface area (Å²) >= 11 is 1.16. The lowest BCUT2D eigenvalue weighted by molar-refractivity contribution is -0.118. The Morgan fingerprint density at radius 1 is 1.22 bits per heavy atom. The van der Waals surface area contributed by atoms with Gasteiger partial charge in [-0.3, -0.25) is 14.9 Å². The number of nitrogens with one attached hydrogen (secondary N) is 2. The number of carbonyl (C=O) groups excluding carboxylic acids is 3. The number of thioether (sulfide) groups is 1. The number of hydrogen-bond donors (Lipinski definition) is 4. The molecule has 9 nitrogen and oxygen atoms in total. The Hall–Kier alpha value is -2.75. The zero-order valence-corrected chi connectivity index (χ0v) is 16.5. The molecule has 0 spiro atoms. The van der Waals surface area contributed by atoms with Gasteiger partial charge in [0.05, 0.1) is 0 Å². The Morgan fingerprint density at radius 3 is 2.33 bits per heavy atom. The van der Waals surface area contributed by atoms with Crippen molar-refractivity contribution in [1.29, 1.82) is 0 Å². The van der Waals surface area contributed by atoms with E-state index in [0.29, 0.717) is 12.4 Å². The Labute approximate surface area is 161 Å². The van der Waals surface area contributed by atoms with Gasteiger partial charge >= 0.3 is 6.03 Å². The fraction of sp³-hybridized carbons (Fsp3) is 0.412. The summed E-state index contributed by atoms with van der Waals surface area (Å²) in [6.45, 7) is 8.04. The van der Waals surface area contributed by atoms with Crippen LogP contribution < -0.4 is 22.1 Å². The predicted octanol–water partition coefficient (Wildman–Crippen LogP) is 1.25. The molecule has 6 N–H and O–H groups in total. The van der Waals surface area contributed by atoms with Gasteiger partial charge in [0, 0.05) is 23.8 Å². The van der Waals surface area contributed by atoms with Crippen LogP contribution in [0.25, 0.3) is 0 Å². The Bertz CT molecular complexity index is 785. The second-order valence-corrected chi connectivity index (χ2v) is 7.97. The van der Waals surface area contributed by atoms with Crippen LogP contribution in [0.15, 0.2) is 28.9 Å². The molecule has 1 unspecified atom stereocenters. The van der Waals surface area contributed by atoms with E-state index in [0.717, 1.165) is 17.3 Å². The van der Waals surface area contributed by atoms with Crippen molar-refractivity contribution < 1.29 is 14.4 Å². The van der Waals surface area contributed by atoms with E-state index in [4.69, 9.17) is 11.5 Å². The van der Waals surface area contributed by atoms with Crippen LogP contribution in [0.1, 0.15) is 38.6 Å².